The van der Waals surface area contributed by atoms with Gasteiger partial charge in [-0.3, -0.25) is 19.2 Å². The molecule has 0 aromatic heterocycles. The number of fused-ring (bicyclic) bond motifs is 1. The Morgan fingerprint density at radius 3 is 2.40 bits per heavy atom. The largest absolute Gasteiger partial charge is 0.449 e. The predicted molar refractivity (Wildman–Crippen MR) is 148 cm³/mol. The summed E-state index contributed by atoms with van der Waals surface area (Å²) >= 11 is 0. The number of hydrogen-bond acceptors (Lipinski definition) is 6. The molecule has 10 nitrogen and oxygen atoms in total. The highest BCUT2D eigenvalue weighted by Crippen LogP contribution is 2.31. The van der Waals surface area contributed by atoms with E-state index in [-0.39, 0.29) is 18.4 Å². The minimum atomic E-state index is -0.990. The van der Waals surface area contributed by atoms with Crippen molar-refractivity contribution in [3.8, 4) is 0 Å². The zero-order valence-corrected chi connectivity index (χ0v) is 23.2. The third-order valence-electron chi connectivity index (χ3n) is 7.92. The van der Waals surface area contributed by atoms with Gasteiger partial charge in [0.1, 0.15) is 12.1 Å². The number of rotatable bonds is 13. The van der Waals surface area contributed by atoms with Crippen LogP contribution in [0.3, 0.4) is 0 Å². The van der Waals surface area contributed by atoms with E-state index in [1.165, 1.54) is 11.0 Å². The SMILES string of the molecule is C=CCNC(=O)C(=O)C(CCC)NC(=O)[C@@H]1CCCN1C(=O)[C@@H](NC(=O)OCC1CC1)C1Cc2ccccc2C1. The fraction of sp³-hybridized carbons (Fsp3) is 0.567. The molecule has 1 aromatic rings. The third-order valence-corrected chi connectivity index (χ3v) is 7.92. The van der Waals surface area contributed by atoms with Crippen molar-refractivity contribution in [2.45, 2.75) is 76.4 Å². The molecule has 2 aliphatic carbocycles. The van der Waals surface area contributed by atoms with Crippen molar-refractivity contribution in [3.05, 3.63) is 48.0 Å². The number of likely N-dealkylation sites (tertiary alicyclic amines) is 1. The van der Waals surface area contributed by atoms with Gasteiger partial charge >= 0.3 is 6.09 Å². The average Bonchev–Trinajstić information content (AvgIpc) is 3.47. The fourth-order valence-electron chi connectivity index (χ4n) is 5.57. The summed E-state index contributed by atoms with van der Waals surface area (Å²) in [7, 11) is 0. The van der Waals surface area contributed by atoms with Crippen LogP contribution in [0, 0.1) is 11.8 Å². The molecule has 40 heavy (non-hydrogen) atoms. The van der Waals surface area contributed by atoms with Gasteiger partial charge in [-0.15, -0.1) is 6.58 Å². The number of hydrogen-bond donors (Lipinski definition) is 3. The molecule has 4 amide bonds. The van der Waals surface area contributed by atoms with Crippen molar-refractivity contribution in [1.29, 1.82) is 0 Å². The molecule has 2 fully saturated rings. The topological polar surface area (TPSA) is 134 Å². The van der Waals surface area contributed by atoms with E-state index >= 15 is 0 Å². The van der Waals surface area contributed by atoms with Crippen molar-refractivity contribution in [2.24, 2.45) is 11.8 Å². The minimum Gasteiger partial charge on any atom is -0.449 e. The van der Waals surface area contributed by atoms with Gasteiger partial charge in [0.15, 0.2) is 0 Å². The number of nitrogens with zero attached hydrogens (tertiary/aromatic N) is 1. The van der Waals surface area contributed by atoms with E-state index in [0.717, 1.165) is 24.0 Å². The lowest BCUT2D eigenvalue weighted by Gasteiger charge is -2.32. The first-order chi connectivity index (χ1) is 19.3. The Hall–Kier alpha value is -3.69. The number of alkyl carbamates (subject to hydrolysis) is 1. The molecule has 1 aliphatic heterocycles. The first kappa shape index (κ1) is 29.3. The maximum atomic E-state index is 14.0. The smallest absolute Gasteiger partial charge is 0.407 e. The second-order valence-corrected chi connectivity index (χ2v) is 11.0. The van der Waals surface area contributed by atoms with Crippen molar-refractivity contribution < 1.29 is 28.7 Å². The van der Waals surface area contributed by atoms with Crippen LogP contribution in [0.2, 0.25) is 0 Å². The van der Waals surface area contributed by atoms with Gasteiger partial charge in [-0.2, -0.15) is 0 Å². The van der Waals surface area contributed by atoms with E-state index < -0.39 is 41.8 Å². The van der Waals surface area contributed by atoms with Crippen LogP contribution in [0.25, 0.3) is 0 Å². The minimum absolute atomic E-state index is 0.144. The lowest BCUT2D eigenvalue weighted by molar-refractivity contribution is -0.143. The van der Waals surface area contributed by atoms with E-state index in [1.54, 1.807) is 0 Å². The molecule has 1 saturated heterocycles. The van der Waals surface area contributed by atoms with Crippen LogP contribution in [-0.2, 0) is 36.8 Å². The van der Waals surface area contributed by atoms with Gasteiger partial charge in [-0.1, -0.05) is 43.7 Å². The summed E-state index contributed by atoms with van der Waals surface area (Å²) in [6.07, 6.45) is 6.10. The molecule has 0 radical (unpaired) electrons. The summed E-state index contributed by atoms with van der Waals surface area (Å²) in [5.74, 6) is -2.10. The van der Waals surface area contributed by atoms with Crippen LogP contribution in [0.4, 0.5) is 4.79 Å². The third kappa shape index (κ3) is 7.28. The predicted octanol–water partition coefficient (Wildman–Crippen LogP) is 2.05. The molecule has 3 N–H and O–H groups in total. The highest BCUT2D eigenvalue weighted by molar-refractivity contribution is 6.38. The molecule has 0 bridgehead atoms. The van der Waals surface area contributed by atoms with Gasteiger partial charge in [-0.25, -0.2) is 4.79 Å². The fourth-order valence-corrected chi connectivity index (χ4v) is 5.57. The first-order valence-corrected chi connectivity index (χ1v) is 14.4. The highest BCUT2D eigenvalue weighted by Gasteiger charge is 2.43. The molecule has 1 heterocycles. The van der Waals surface area contributed by atoms with E-state index in [1.807, 2.05) is 31.2 Å². The highest BCUT2D eigenvalue weighted by atomic mass is 16.5. The molecule has 3 aliphatic rings. The molecule has 4 rings (SSSR count). The molecule has 1 unspecified atom stereocenters. The summed E-state index contributed by atoms with van der Waals surface area (Å²) in [6, 6.07) is 5.34. The zero-order valence-electron chi connectivity index (χ0n) is 23.2. The summed E-state index contributed by atoms with van der Waals surface area (Å²) in [5.41, 5.74) is 2.29. The van der Waals surface area contributed by atoms with Gasteiger partial charge in [0.05, 0.1) is 12.6 Å². The number of amides is 4. The number of nitrogens with one attached hydrogen (secondary N) is 3. The molecule has 3 atom stereocenters. The molecule has 10 heteroatoms. The monoisotopic (exact) mass is 552 g/mol. The van der Waals surface area contributed by atoms with E-state index in [2.05, 4.69) is 22.5 Å². The van der Waals surface area contributed by atoms with Gasteiger partial charge < -0.3 is 25.6 Å². The van der Waals surface area contributed by atoms with Crippen LogP contribution in [0.1, 0.15) is 56.6 Å². The van der Waals surface area contributed by atoms with E-state index in [4.69, 9.17) is 4.74 Å². The normalized spacial score (nSPS) is 19.7. The number of carbonyl (C=O) groups excluding carboxylic acids is 5. The number of ether oxygens (including phenoxy) is 1. The molecule has 1 aromatic carbocycles. The summed E-state index contributed by atoms with van der Waals surface area (Å²) in [6.45, 7) is 6.22. The Morgan fingerprint density at radius 1 is 1.07 bits per heavy atom. The molecule has 0 spiro atoms. The number of Topliss-reactive ketones (excluding diaryl/α,β-unsaturated/α-hetero) is 1. The number of benzene rings is 1. The molecular formula is C30H40N4O6. The standard InChI is InChI=1S/C30H40N4O6/c1-3-8-23(26(35)28(37)31-14-4-2)32-27(36)24-11-7-15-34(24)29(38)25(33-30(39)40-18-19-12-13-19)22-16-20-9-5-6-10-21(20)17-22/h4-6,9-10,19,22-25H,2-3,7-8,11-18H2,1H3,(H,31,37)(H,32,36)(H,33,39)/t23?,24-,25-/m0/s1. The van der Waals surface area contributed by atoms with Crippen molar-refractivity contribution in [1.82, 2.24) is 20.9 Å². The van der Waals surface area contributed by atoms with Crippen LogP contribution in [0.15, 0.2) is 36.9 Å². The van der Waals surface area contributed by atoms with Crippen LogP contribution in [-0.4, -0.2) is 72.3 Å². The Bertz CT molecular complexity index is 1110. The zero-order chi connectivity index (χ0) is 28.6. The van der Waals surface area contributed by atoms with Crippen LogP contribution < -0.4 is 16.0 Å². The first-order valence-electron chi connectivity index (χ1n) is 14.4. The maximum Gasteiger partial charge on any atom is 0.407 e. The lowest BCUT2D eigenvalue weighted by atomic mass is 9.95. The Kier molecular flexibility index (Phi) is 9.95. The quantitative estimate of drug-likeness (QED) is 0.253. The molecule has 1 saturated carbocycles. The van der Waals surface area contributed by atoms with Crippen LogP contribution in [0.5, 0.6) is 0 Å². The van der Waals surface area contributed by atoms with Gasteiger partial charge in [-0.05, 0) is 67.9 Å². The van der Waals surface area contributed by atoms with Gasteiger partial charge in [0, 0.05) is 13.1 Å². The van der Waals surface area contributed by atoms with Crippen molar-refractivity contribution >= 4 is 29.6 Å². The second-order valence-electron chi connectivity index (χ2n) is 11.0. The lowest BCUT2D eigenvalue weighted by Crippen LogP contribution is -2.58. The van der Waals surface area contributed by atoms with Gasteiger partial charge in [0.25, 0.3) is 5.91 Å². The maximum absolute atomic E-state index is 14.0. The van der Waals surface area contributed by atoms with Crippen molar-refractivity contribution in [3.63, 3.8) is 0 Å². The van der Waals surface area contributed by atoms with E-state index in [0.29, 0.717) is 57.6 Å². The van der Waals surface area contributed by atoms with Gasteiger partial charge in [0.2, 0.25) is 17.6 Å². The summed E-state index contributed by atoms with van der Waals surface area (Å²) in [4.78, 5) is 66.6. The molecular weight excluding hydrogens is 512 g/mol. The Morgan fingerprint density at radius 2 is 1.77 bits per heavy atom. The van der Waals surface area contributed by atoms with Crippen LogP contribution >= 0.6 is 0 Å². The molecule has 216 valence electrons. The Labute approximate surface area is 235 Å². The number of ketones is 1. The average molecular weight is 553 g/mol. The second kappa shape index (κ2) is 13.6. The summed E-state index contributed by atoms with van der Waals surface area (Å²) in [5, 5.41) is 8.01. The van der Waals surface area contributed by atoms with E-state index in [9.17, 15) is 24.0 Å². The number of carbonyl (C=O) groups is 5. The Balaban J connectivity index is 1.46. The van der Waals surface area contributed by atoms with Crippen molar-refractivity contribution in [2.75, 3.05) is 19.7 Å². The summed E-state index contributed by atoms with van der Waals surface area (Å²) < 4.78 is 5.39.